The second kappa shape index (κ2) is 6.48. The minimum absolute atomic E-state index is 0.0370. The van der Waals surface area contributed by atoms with E-state index in [1.807, 2.05) is 11.8 Å². The molecule has 0 bridgehead atoms. The molecule has 1 aliphatic heterocycles. The van der Waals surface area contributed by atoms with E-state index >= 15 is 0 Å². The zero-order valence-electron chi connectivity index (χ0n) is 9.78. The summed E-state index contributed by atoms with van der Waals surface area (Å²) < 4.78 is 4.82. The van der Waals surface area contributed by atoms with Gasteiger partial charge in [-0.25, -0.2) is 0 Å². The van der Waals surface area contributed by atoms with Gasteiger partial charge in [-0.05, 0) is 26.3 Å². The van der Waals surface area contributed by atoms with Crippen LogP contribution in [-0.4, -0.2) is 42.5 Å². The average molecular weight is 228 g/mol. The van der Waals surface area contributed by atoms with Gasteiger partial charge >= 0.3 is 5.97 Å². The Hall–Kier alpha value is -1.10. The number of ether oxygens (including phenoxy) is 1. The molecule has 5 heteroatoms. The van der Waals surface area contributed by atoms with Crippen LogP contribution >= 0.6 is 0 Å². The molecule has 16 heavy (non-hydrogen) atoms. The zero-order chi connectivity index (χ0) is 12.0. The molecule has 0 saturated carbocycles. The Labute approximate surface area is 95.9 Å². The fourth-order valence-electron chi connectivity index (χ4n) is 1.69. The van der Waals surface area contributed by atoms with Crippen LogP contribution in [0.15, 0.2) is 0 Å². The van der Waals surface area contributed by atoms with Crippen LogP contribution in [0.3, 0.4) is 0 Å². The van der Waals surface area contributed by atoms with Gasteiger partial charge in [-0.3, -0.25) is 14.5 Å². The van der Waals surface area contributed by atoms with Crippen molar-refractivity contribution in [2.45, 2.75) is 38.6 Å². The summed E-state index contributed by atoms with van der Waals surface area (Å²) >= 11 is 0. The second-order valence-electron chi connectivity index (χ2n) is 4.03. The SMILES string of the molecule is CCOC(=O)CCCCCN1CC1C(N)=O. The van der Waals surface area contributed by atoms with E-state index in [-0.39, 0.29) is 17.9 Å². The lowest BCUT2D eigenvalue weighted by Gasteiger charge is -2.03. The van der Waals surface area contributed by atoms with Crippen LogP contribution in [0.2, 0.25) is 0 Å². The Bertz CT molecular complexity index is 256. The maximum absolute atomic E-state index is 11.0. The molecule has 0 aromatic heterocycles. The van der Waals surface area contributed by atoms with Crippen LogP contribution in [-0.2, 0) is 14.3 Å². The molecule has 5 nitrogen and oxygen atoms in total. The van der Waals surface area contributed by atoms with E-state index in [0.29, 0.717) is 13.0 Å². The van der Waals surface area contributed by atoms with Gasteiger partial charge in [-0.15, -0.1) is 0 Å². The highest BCUT2D eigenvalue weighted by atomic mass is 16.5. The predicted octanol–water partition coefficient (Wildman–Crippen LogP) is 0.279. The highest BCUT2D eigenvalue weighted by Crippen LogP contribution is 2.17. The van der Waals surface area contributed by atoms with Gasteiger partial charge in [0.05, 0.1) is 6.61 Å². The maximum atomic E-state index is 11.0. The topological polar surface area (TPSA) is 72.4 Å². The van der Waals surface area contributed by atoms with Crippen molar-refractivity contribution in [3.8, 4) is 0 Å². The first kappa shape index (κ1) is 13.0. The summed E-state index contributed by atoms with van der Waals surface area (Å²) in [5.41, 5.74) is 5.15. The highest BCUT2D eigenvalue weighted by molar-refractivity contribution is 5.82. The van der Waals surface area contributed by atoms with Gasteiger partial charge in [-0.1, -0.05) is 6.42 Å². The first-order valence-corrected chi connectivity index (χ1v) is 5.84. The van der Waals surface area contributed by atoms with E-state index in [2.05, 4.69) is 0 Å². The van der Waals surface area contributed by atoms with Crippen molar-refractivity contribution < 1.29 is 14.3 Å². The van der Waals surface area contributed by atoms with E-state index in [0.717, 1.165) is 32.4 Å². The number of hydrogen-bond donors (Lipinski definition) is 1. The third kappa shape index (κ3) is 4.61. The van der Waals surface area contributed by atoms with Crippen LogP contribution in [0, 0.1) is 0 Å². The lowest BCUT2D eigenvalue weighted by molar-refractivity contribution is -0.143. The summed E-state index contributed by atoms with van der Waals surface area (Å²) in [5.74, 6) is -0.351. The number of amides is 1. The molecule has 0 radical (unpaired) electrons. The van der Waals surface area contributed by atoms with Crippen molar-refractivity contribution in [1.82, 2.24) is 4.90 Å². The van der Waals surface area contributed by atoms with Crippen LogP contribution in [0.25, 0.3) is 0 Å². The molecule has 0 aliphatic carbocycles. The first-order chi connectivity index (χ1) is 7.65. The molecule has 1 saturated heterocycles. The van der Waals surface area contributed by atoms with E-state index in [9.17, 15) is 9.59 Å². The largest absolute Gasteiger partial charge is 0.466 e. The van der Waals surface area contributed by atoms with Crippen LogP contribution in [0.1, 0.15) is 32.6 Å². The third-order valence-corrected chi connectivity index (χ3v) is 2.67. The number of unbranched alkanes of at least 4 members (excludes halogenated alkanes) is 2. The molecule has 1 rings (SSSR count). The van der Waals surface area contributed by atoms with Crippen LogP contribution in [0.4, 0.5) is 0 Å². The number of primary amides is 1. The van der Waals surface area contributed by atoms with Crippen molar-refractivity contribution in [2.24, 2.45) is 5.73 Å². The predicted molar refractivity (Wildman–Crippen MR) is 59.7 cm³/mol. The molecule has 0 aromatic rings. The molecule has 2 unspecified atom stereocenters. The lowest BCUT2D eigenvalue weighted by Crippen LogP contribution is -2.22. The standard InChI is InChI=1S/C11H20N2O3/c1-2-16-10(14)6-4-3-5-7-13-8-9(13)11(12)15/h9H,2-8H2,1H3,(H2,12,15). The van der Waals surface area contributed by atoms with E-state index in [1.54, 1.807) is 0 Å². The van der Waals surface area contributed by atoms with E-state index in [4.69, 9.17) is 10.5 Å². The molecule has 2 atom stereocenters. The van der Waals surface area contributed by atoms with Gasteiger partial charge in [0.2, 0.25) is 5.91 Å². The average Bonchev–Trinajstić information content (AvgIpc) is 2.97. The van der Waals surface area contributed by atoms with E-state index in [1.165, 1.54) is 0 Å². The van der Waals surface area contributed by atoms with Crippen molar-refractivity contribution in [2.75, 3.05) is 19.7 Å². The monoisotopic (exact) mass is 228 g/mol. The summed E-state index contributed by atoms with van der Waals surface area (Å²) in [4.78, 5) is 23.8. The van der Waals surface area contributed by atoms with Crippen LogP contribution < -0.4 is 5.73 Å². The summed E-state index contributed by atoms with van der Waals surface area (Å²) in [5, 5.41) is 0. The highest BCUT2D eigenvalue weighted by Gasteiger charge is 2.37. The number of carbonyl (C=O) groups is 2. The molecule has 92 valence electrons. The molecule has 1 heterocycles. The maximum Gasteiger partial charge on any atom is 0.305 e. The minimum Gasteiger partial charge on any atom is -0.466 e. The summed E-state index contributed by atoms with van der Waals surface area (Å²) in [7, 11) is 0. The molecular weight excluding hydrogens is 208 g/mol. The Morgan fingerprint density at radius 1 is 1.38 bits per heavy atom. The van der Waals surface area contributed by atoms with Crippen molar-refractivity contribution in [3.05, 3.63) is 0 Å². The summed E-state index contributed by atoms with van der Waals surface area (Å²) in [6, 6.07) is -0.0370. The number of rotatable bonds is 8. The second-order valence-corrected chi connectivity index (χ2v) is 4.03. The summed E-state index contributed by atoms with van der Waals surface area (Å²) in [6.07, 6.45) is 3.34. The van der Waals surface area contributed by atoms with Gasteiger partial charge in [-0.2, -0.15) is 0 Å². The van der Waals surface area contributed by atoms with Gasteiger partial charge in [0.1, 0.15) is 6.04 Å². The number of hydrogen-bond acceptors (Lipinski definition) is 4. The van der Waals surface area contributed by atoms with Crippen molar-refractivity contribution >= 4 is 11.9 Å². The quantitative estimate of drug-likeness (QED) is 0.368. The van der Waals surface area contributed by atoms with Crippen LogP contribution in [0.5, 0.6) is 0 Å². The molecule has 0 spiro atoms. The smallest absolute Gasteiger partial charge is 0.305 e. The van der Waals surface area contributed by atoms with Gasteiger partial charge in [0, 0.05) is 13.0 Å². The Kier molecular flexibility index (Phi) is 5.25. The van der Waals surface area contributed by atoms with Crippen molar-refractivity contribution in [3.63, 3.8) is 0 Å². The van der Waals surface area contributed by atoms with Gasteiger partial charge < -0.3 is 10.5 Å². The fourth-order valence-corrected chi connectivity index (χ4v) is 1.69. The minimum atomic E-state index is -0.230. The number of nitrogens with zero attached hydrogens (tertiary/aromatic N) is 1. The molecule has 0 aromatic carbocycles. The third-order valence-electron chi connectivity index (χ3n) is 2.67. The Morgan fingerprint density at radius 3 is 2.69 bits per heavy atom. The molecular formula is C11H20N2O3. The van der Waals surface area contributed by atoms with E-state index < -0.39 is 0 Å². The Balaban J connectivity index is 1.90. The normalized spacial score (nSPS) is 22.8. The fraction of sp³-hybridized carbons (Fsp3) is 0.818. The summed E-state index contributed by atoms with van der Waals surface area (Å²) in [6.45, 7) is 3.96. The number of carbonyl (C=O) groups excluding carboxylic acids is 2. The van der Waals surface area contributed by atoms with Gasteiger partial charge in [0.15, 0.2) is 0 Å². The number of nitrogens with two attached hydrogens (primary N) is 1. The molecule has 1 aliphatic rings. The van der Waals surface area contributed by atoms with Gasteiger partial charge in [0.25, 0.3) is 0 Å². The molecule has 1 fully saturated rings. The first-order valence-electron chi connectivity index (χ1n) is 5.84. The van der Waals surface area contributed by atoms with Crippen molar-refractivity contribution in [1.29, 1.82) is 0 Å². The lowest BCUT2D eigenvalue weighted by atomic mass is 10.2. The Morgan fingerprint density at radius 2 is 2.12 bits per heavy atom. The molecule has 1 amide bonds. The molecule has 2 N–H and O–H groups in total. The number of esters is 1. The zero-order valence-corrected chi connectivity index (χ0v) is 9.78.